The fourth-order valence-corrected chi connectivity index (χ4v) is 5.15. The predicted octanol–water partition coefficient (Wildman–Crippen LogP) is 5.21. The molecule has 246 valence electrons. The number of nitrogens with two attached hydrogens (primary N) is 3. The lowest BCUT2D eigenvalue weighted by atomic mass is 9.92. The van der Waals surface area contributed by atoms with Gasteiger partial charge >= 0.3 is 12.1 Å². The summed E-state index contributed by atoms with van der Waals surface area (Å²) in [6, 6.07) is 25.4. The zero-order chi connectivity index (χ0) is 34.0. The number of guanidine groups is 1. The van der Waals surface area contributed by atoms with Gasteiger partial charge in [-0.05, 0) is 65.3 Å². The first-order valence-electron chi connectivity index (χ1n) is 15.1. The van der Waals surface area contributed by atoms with Crippen molar-refractivity contribution in [3.63, 3.8) is 0 Å². The Bertz CT molecular complexity index is 1750. The summed E-state index contributed by atoms with van der Waals surface area (Å²) in [4.78, 5) is 28.3. The number of hydrogen-bond acceptors (Lipinski definition) is 7. The van der Waals surface area contributed by atoms with E-state index in [1.54, 1.807) is 47.4 Å². The van der Waals surface area contributed by atoms with Crippen LogP contribution in [0.2, 0.25) is 5.02 Å². The Morgan fingerprint density at radius 1 is 1.02 bits per heavy atom. The van der Waals surface area contributed by atoms with Crippen LogP contribution in [-0.4, -0.2) is 60.4 Å². The van der Waals surface area contributed by atoms with E-state index in [1.165, 1.54) is 4.58 Å². The van der Waals surface area contributed by atoms with Gasteiger partial charge in [-0.3, -0.25) is 16.4 Å². The molecule has 0 aromatic heterocycles. The number of carbonyl (C=O) groups excluding carboxylic acids is 2. The molecule has 11 nitrogen and oxygen atoms in total. The molecule has 0 heterocycles. The van der Waals surface area contributed by atoms with Crippen LogP contribution in [0.5, 0.6) is 11.5 Å². The monoisotopic (exact) mass is 658 g/mol. The molecule has 0 unspecified atom stereocenters. The molecule has 4 aromatic carbocycles. The van der Waals surface area contributed by atoms with Crippen LogP contribution in [0.1, 0.15) is 36.2 Å². The molecule has 0 aliphatic rings. The van der Waals surface area contributed by atoms with Gasteiger partial charge in [0.05, 0.1) is 11.6 Å². The standard InChI is InChI=1S/C35H40ClN7O4/c1-35(2,22-40-32(44)26-13-15-27(16-14-26)42(3)33(38)41-39)23-43(18-7-19-46-31-17-12-24(21-37)20-29(31)36)34(45)47-30-11-6-9-25-8-4-5-10-28(25)30/h4-6,8-17,20H,3,7,18-19,21-23,37,39H2,1-2H3,(H2-,38,40,41,44)/p+1. The van der Waals surface area contributed by atoms with Gasteiger partial charge in [-0.1, -0.05) is 67.9 Å². The number of fused-ring (bicyclic) bond motifs is 1. The molecule has 4 aromatic rings. The van der Waals surface area contributed by atoms with Crippen LogP contribution in [0, 0.1) is 5.41 Å². The van der Waals surface area contributed by atoms with Crippen molar-refractivity contribution in [2.45, 2.75) is 26.8 Å². The lowest BCUT2D eigenvalue weighted by Crippen LogP contribution is -2.46. The highest BCUT2D eigenvalue weighted by atomic mass is 35.5. The van der Waals surface area contributed by atoms with Crippen molar-refractivity contribution >= 4 is 52.7 Å². The van der Waals surface area contributed by atoms with Gasteiger partial charge in [-0.2, -0.15) is 0 Å². The zero-order valence-corrected chi connectivity index (χ0v) is 27.4. The molecule has 7 N–H and O–H groups in total. The van der Waals surface area contributed by atoms with Gasteiger partial charge < -0.3 is 25.4 Å². The van der Waals surface area contributed by atoms with E-state index in [1.807, 2.05) is 56.3 Å². The minimum atomic E-state index is -0.522. The minimum absolute atomic E-state index is 0.0315. The van der Waals surface area contributed by atoms with Gasteiger partial charge in [0.25, 0.3) is 5.91 Å². The summed E-state index contributed by atoms with van der Waals surface area (Å²) in [6.07, 6.45) is 0.0107. The van der Waals surface area contributed by atoms with Crippen LogP contribution < -0.4 is 32.1 Å². The van der Waals surface area contributed by atoms with Crippen LogP contribution in [-0.2, 0) is 6.54 Å². The number of hydrogen-bond donors (Lipinski definition) is 4. The number of benzene rings is 4. The lowest BCUT2D eigenvalue weighted by Gasteiger charge is -2.32. The molecule has 0 fully saturated rings. The Morgan fingerprint density at radius 2 is 1.74 bits per heavy atom. The Labute approximate surface area is 279 Å². The lowest BCUT2D eigenvalue weighted by molar-refractivity contribution is -0.298. The summed E-state index contributed by atoms with van der Waals surface area (Å²) >= 11 is 6.35. The maximum atomic E-state index is 13.6. The summed E-state index contributed by atoms with van der Waals surface area (Å²) in [5.41, 5.74) is 12.9. The second-order valence-electron chi connectivity index (χ2n) is 11.7. The number of carbonyl (C=O) groups is 2. The Balaban J connectivity index is 1.42. The first-order valence-corrected chi connectivity index (χ1v) is 15.5. The molecule has 0 bridgehead atoms. The normalized spacial score (nSPS) is 11.6. The predicted molar refractivity (Wildman–Crippen MR) is 186 cm³/mol. The van der Waals surface area contributed by atoms with E-state index in [9.17, 15) is 9.59 Å². The Morgan fingerprint density at radius 3 is 2.45 bits per heavy atom. The van der Waals surface area contributed by atoms with E-state index in [0.29, 0.717) is 67.0 Å². The maximum Gasteiger partial charge on any atom is 0.415 e. The number of nitrogens with one attached hydrogen (secondary N) is 1. The fourth-order valence-electron chi connectivity index (χ4n) is 4.89. The molecule has 4 rings (SSSR count). The van der Waals surface area contributed by atoms with Crippen LogP contribution in [0.4, 0.5) is 10.5 Å². The third kappa shape index (κ3) is 9.44. The minimum Gasteiger partial charge on any atom is -0.492 e. The molecule has 0 aliphatic carbocycles. The van der Waals surface area contributed by atoms with E-state index in [4.69, 9.17) is 38.4 Å². The van der Waals surface area contributed by atoms with E-state index in [-0.39, 0.29) is 11.9 Å². The molecular formula is C35H41ClN7O4+. The first kappa shape index (κ1) is 34.7. The third-order valence-corrected chi connectivity index (χ3v) is 7.76. The molecule has 0 radical (unpaired) electrons. The highest BCUT2D eigenvalue weighted by Crippen LogP contribution is 2.28. The maximum absolute atomic E-state index is 13.6. The van der Waals surface area contributed by atoms with Crippen LogP contribution >= 0.6 is 11.6 Å². The number of amides is 2. The molecule has 0 saturated heterocycles. The van der Waals surface area contributed by atoms with Gasteiger partial charge in [0.15, 0.2) is 0 Å². The van der Waals surface area contributed by atoms with Gasteiger partial charge in [0.2, 0.25) is 0 Å². The Kier molecular flexibility index (Phi) is 11.8. The largest absolute Gasteiger partial charge is 0.492 e. The number of nitrogens with zero attached hydrogens (tertiary/aromatic N) is 3. The summed E-state index contributed by atoms with van der Waals surface area (Å²) in [6.45, 7) is 9.38. The smallest absolute Gasteiger partial charge is 0.415 e. The average Bonchev–Trinajstić information content (AvgIpc) is 3.08. The van der Waals surface area contributed by atoms with Gasteiger partial charge in [-0.25, -0.2) is 9.37 Å². The quantitative estimate of drug-likeness (QED) is 0.0383. The van der Waals surface area contributed by atoms with Gasteiger partial charge in [0, 0.05) is 48.9 Å². The SMILES string of the molecule is C=[N+](C(N)=NN)c1ccc(C(=O)NCC(C)(C)CN(CCCOc2ccc(CN)cc2Cl)C(=O)Oc2cccc3ccccc23)cc1. The highest BCUT2D eigenvalue weighted by Gasteiger charge is 2.27. The van der Waals surface area contributed by atoms with Gasteiger partial charge in [0.1, 0.15) is 17.2 Å². The van der Waals surface area contributed by atoms with Crippen LogP contribution in [0.15, 0.2) is 90.0 Å². The summed E-state index contributed by atoms with van der Waals surface area (Å²) in [5, 5.41) is 8.68. The summed E-state index contributed by atoms with van der Waals surface area (Å²) in [5.74, 6) is 6.00. The van der Waals surface area contributed by atoms with E-state index in [2.05, 4.69) is 17.1 Å². The van der Waals surface area contributed by atoms with Gasteiger partial charge in [-0.15, -0.1) is 0 Å². The number of rotatable bonds is 13. The molecule has 0 atom stereocenters. The highest BCUT2D eigenvalue weighted by molar-refractivity contribution is 6.32. The fraction of sp³-hybridized carbons (Fsp3) is 0.257. The number of hydrazone groups is 1. The molecule has 0 saturated carbocycles. The summed E-state index contributed by atoms with van der Waals surface area (Å²) in [7, 11) is 0. The number of ether oxygens (including phenoxy) is 2. The second kappa shape index (κ2) is 15.9. The molecule has 47 heavy (non-hydrogen) atoms. The van der Waals surface area contributed by atoms with Crippen molar-refractivity contribution < 1.29 is 23.6 Å². The van der Waals surface area contributed by atoms with E-state index >= 15 is 0 Å². The molecule has 0 spiro atoms. The molecular weight excluding hydrogens is 618 g/mol. The van der Waals surface area contributed by atoms with Crippen LogP contribution in [0.25, 0.3) is 10.8 Å². The summed E-state index contributed by atoms with van der Waals surface area (Å²) < 4.78 is 13.2. The van der Waals surface area contributed by atoms with Crippen molar-refractivity contribution in [2.24, 2.45) is 27.8 Å². The molecule has 12 heteroatoms. The average molecular weight is 659 g/mol. The van der Waals surface area contributed by atoms with Crippen molar-refractivity contribution in [2.75, 3.05) is 26.2 Å². The number of halogens is 1. The van der Waals surface area contributed by atoms with Crippen molar-refractivity contribution in [3.05, 3.63) is 101 Å². The van der Waals surface area contributed by atoms with Crippen molar-refractivity contribution in [3.8, 4) is 11.5 Å². The third-order valence-electron chi connectivity index (χ3n) is 7.46. The van der Waals surface area contributed by atoms with E-state index < -0.39 is 11.5 Å². The van der Waals surface area contributed by atoms with Crippen LogP contribution in [0.3, 0.4) is 0 Å². The van der Waals surface area contributed by atoms with Crippen molar-refractivity contribution in [1.82, 2.24) is 10.2 Å². The Hall–Kier alpha value is -5.13. The van der Waals surface area contributed by atoms with E-state index in [0.717, 1.165) is 16.3 Å². The zero-order valence-electron chi connectivity index (χ0n) is 26.6. The van der Waals surface area contributed by atoms with Crippen molar-refractivity contribution in [1.29, 1.82) is 0 Å². The second-order valence-corrected chi connectivity index (χ2v) is 12.2. The molecule has 2 amide bonds. The topological polar surface area (TPSA) is 161 Å². The molecule has 0 aliphatic heterocycles. The first-order chi connectivity index (χ1) is 22.5.